The van der Waals surface area contributed by atoms with E-state index in [0.29, 0.717) is 31.1 Å². The molecule has 0 atom stereocenters. The molecule has 1 fully saturated rings. The minimum Gasteiger partial charge on any atom is -0.355 e. The molecule has 1 aromatic heterocycles. The van der Waals surface area contributed by atoms with Gasteiger partial charge in [0, 0.05) is 43.7 Å². The first kappa shape index (κ1) is 22.7. The van der Waals surface area contributed by atoms with Gasteiger partial charge in [0.05, 0.1) is 11.1 Å². The molecule has 164 valence electrons. The van der Waals surface area contributed by atoms with E-state index in [2.05, 4.69) is 10.0 Å². The lowest BCUT2D eigenvalue weighted by Gasteiger charge is -2.29. The molecule has 1 amide bonds. The average Bonchev–Trinajstić information content (AvgIpc) is 2.77. The second-order valence-electron chi connectivity index (χ2n) is 7.85. The van der Waals surface area contributed by atoms with Gasteiger partial charge in [0.1, 0.15) is 0 Å². The summed E-state index contributed by atoms with van der Waals surface area (Å²) in [5.74, 6) is 0.508. The number of carbonyl (C=O) groups excluding carboxylic acids is 1. The standard InChI is InChI=1S/C22H32N4O3S/c1-4-26(5-2)30(28,29)24-15-16-10-12-17(13-11-16)21-14-19(22(27)23-3)18-8-6-7-9-20(18)25-21/h6-9,14,16-17,24H,4-5,10-13,15H2,1-3H3,(H,23,27). The average molecular weight is 433 g/mol. The van der Waals surface area contributed by atoms with E-state index in [4.69, 9.17) is 4.98 Å². The third kappa shape index (κ3) is 4.99. The van der Waals surface area contributed by atoms with Crippen LogP contribution >= 0.6 is 0 Å². The molecule has 0 spiro atoms. The largest absolute Gasteiger partial charge is 0.355 e. The van der Waals surface area contributed by atoms with Gasteiger partial charge >= 0.3 is 0 Å². The van der Waals surface area contributed by atoms with E-state index in [1.54, 1.807) is 7.05 Å². The minimum absolute atomic E-state index is 0.102. The molecule has 3 rings (SSSR count). The number of amides is 1. The van der Waals surface area contributed by atoms with Crippen molar-refractivity contribution in [2.75, 3.05) is 26.7 Å². The van der Waals surface area contributed by atoms with Crippen LogP contribution < -0.4 is 10.0 Å². The molecule has 8 heteroatoms. The van der Waals surface area contributed by atoms with Gasteiger partial charge in [-0.2, -0.15) is 12.7 Å². The molecular formula is C22H32N4O3S. The summed E-state index contributed by atoms with van der Waals surface area (Å²) in [7, 11) is -1.76. The molecule has 1 aliphatic carbocycles. The molecule has 2 N–H and O–H groups in total. The number of hydrogen-bond acceptors (Lipinski definition) is 4. The maximum absolute atomic E-state index is 12.4. The van der Waals surface area contributed by atoms with Gasteiger partial charge in [-0.3, -0.25) is 9.78 Å². The van der Waals surface area contributed by atoms with Crippen LogP contribution in [0.2, 0.25) is 0 Å². The van der Waals surface area contributed by atoms with E-state index in [9.17, 15) is 13.2 Å². The normalized spacial score (nSPS) is 19.9. The molecule has 2 aromatic rings. The maximum atomic E-state index is 12.4. The van der Waals surface area contributed by atoms with Crippen LogP contribution in [0.25, 0.3) is 10.9 Å². The summed E-state index contributed by atoms with van der Waals surface area (Å²) in [6, 6.07) is 9.65. The Balaban J connectivity index is 1.68. The van der Waals surface area contributed by atoms with Crippen molar-refractivity contribution in [3.05, 3.63) is 41.6 Å². The van der Waals surface area contributed by atoms with Gasteiger partial charge in [0.25, 0.3) is 16.1 Å². The Morgan fingerprint density at radius 1 is 1.13 bits per heavy atom. The molecule has 1 saturated carbocycles. The van der Waals surface area contributed by atoms with Crippen molar-refractivity contribution in [1.29, 1.82) is 0 Å². The maximum Gasteiger partial charge on any atom is 0.279 e. The number of nitrogens with one attached hydrogen (secondary N) is 2. The van der Waals surface area contributed by atoms with Crippen molar-refractivity contribution < 1.29 is 13.2 Å². The first-order valence-corrected chi connectivity index (χ1v) is 12.2. The number of carbonyl (C=O) groups is 1. The second kappa shape index (κ2) is 9.85. The van der Waals surface area contributed by atoms with Crippen LogP contribution in [0.4, 0.5) is 0 Å². The number of nitrogens with zero attached hydrogens (tertiary/aromatic N) is 2. The van der Waals surface area contributed by atoms with Crippen molar-refractivity contribution >= 4 is 27.0 Å². The predicted molar refractivity (Wildman–Crippen MR) is 120 cm³/mol. The third-order valence-corrected chi connectivity index (χ3v) is 7.80. The Labute approximate surface area is 179 Å². The Morgan fingerprint density at radius 2 is 1.80 bits per heavy atom. The lowest BCUT2D eigenvalue weighted by atomic mass is 9.80. The highest BCUT2D eigenvalue weighted by Gasteiger charge is 2.27. The molecule has 1 aromatic carbocycles. The third-order valence-electron chi connectivity index (χ3n) is 6.07. The fourth-order valence-corrected chi connectivity index (χ4v) is 5.58. The highest BCUT2D eigenvalue weighted by molar-refractivity contribution is 7.87. The van der Waals surface area contributed by atoms with Gasteiger partial charge in [0.15, 0.2) is 0 Å². The zero-order valence-corrected chi connectivity index (χ0v) is 18.8. The lowest BCUT2D eigenvalue weighted by Crippen LogP contribution is -2.42. The molecule has 0 unspecified atom stereocenters. The van der Waals surface area contributed by atoms with Crippen LogP contribution in [0.5, 0.6) is 0 Å². The number of pyridine rings is 1. The highest BCUT2D eigenvalue weighted by Crippen LogP contribution is 2.36. The smallest absolute Gasteiger partial charge is 0.279 e. The summed E-state index contributed by atoms with van der Waals surface area (Å²) in [6.07, 6.45) is 3.76. The lowest BCUT2D eigenvalue weighted by molar-refractivity contribution is 0.0964. The zero-order chi connectivity index (χ0) is 21.7. The predicted octanol–water partition coefficient (Wildman–Crippen LogP) is 3.04. The summed E-state index contributed by atoms with van der Waals surface area (Å²) >= 11 is 0. The van der Waals surface area contributed by atoms with Gasteiger partial charge in [0.2, 0.25) is 0 Å². The fourth-order valence-electron chi connectivity index (χ4n) is 4.27. The quantitative estimate of drug-likeness (QED) is 0.671. The molecule has 1 heterocycles. The molecule has 0 bridgehead atoms. The van der Waals surface area contributed by atoms with Crippen molar-refractivity contribution in [2.24, 2.45) is 5.92 Å². The van der Waals surface area contributed by atoms with Crippen LogP contribution in [0.15, 0.2) is 30.3 Å². The summed E-state index contributed by atoms with van der Waals surface area (Å²) in [6.45, 7) is 5.11. The van der Waals surface area contributed by atoms with E-state index in [-0.39, 0.29) is 11.8 Å². The Bertz CT molecular complexity index is 981. The molecule has 0 aliphatic heterocycles. The number of para-hydroxylation sites is 1. The number of aromatic nitrogens is 1. The Kier molecular flexibility index (Phi) is 7.44. The van der Waals surface area contributed by atoms with E-state index in [1.165, 1.54) is 4.31 Å². The molecule has 7 nitrogen and oxygen atoms in total. The van der Waals surface area contributed by atoms with Crippen molar-refractivity contribution in [3.8, 4) is 0 Å². The van der Waals surface area contributed by atoms with E-state index < -0.39 is 10.2 Å². The van der Waals surface area contributed by atoms with Crippen LogP contribution in [-0.4, -0.2) is 50.3 Å². The van der Waals surface area contributed by atoms with Crippen molar-refractivity contribution in [3.63, 3.8) is 0 Å². The summed E-state index contributed by atoms with van der Waals surface area (Å²) in [5.41, 5.74) is 2.45. The van der Waals surface area contributed by atoms with Crippen molar-refractivity contribution in [1.82, 2.24) is 19.3 Å². The molecule has 0 saturated heterocycles. The second-order valence-corrected chi connectivity index (χ2v) is 9.60. The van der Waals surface area contributed by atoms with E-state index >= 15 is 0 Å². The van der Waals surface area contributed by atoms with Gasteiger partial charge in [-0.1, -0.05) is 32.0 Å². The van der Waals surface area contributed by atoms with Gasteiger partial charge in [-0.15, -0.1) is 0 Å². The summed E-state index contributed by atoms with van der Waals surface area (Å²) in [4.78, 5) is 17.2. The minimum atomic E-state index is -3.40. The first-order valence-electron chi connectivity index (χ1n) is 10.8. The van der Waals surface area contributed by atoms with Crippen LogP contribution in [0.1, 0.15) is 61.5 Å². The number of hydrogen-bond donors (Lipinski definition) is 2. The molecule has 30 heavy (non-hydrogen) atoms. The number of fused-ring (bicyclic) bond motifs is 1. The molecular weight excluding hydrogens is 400 g/mol. The summed E-state index contributed by atoms with van der Waals surface area (Å²) in [5, 5.41) is 3.59. The van der Waals surface area contributed by atoms with Gasteiger partial charge in [-0.25, -0.2) is 4.72 Å². The topological polar surface area (TPSA) is 91.4 Å². The number of benzene rings is 1. The van der Waals surface area contributed by atoms with Crippen LogP contribution in [0, 0.1) is 5.92 Å². The number of rotatable bonds is 8. The van der Waals surface area contributed by atoms with E-state index in [0.717, 1.165) is 42.3 Å². The molecule has 1 aliphatic rings. The highest BCUT2D eigenvalue weighted by atomic mass is 32.2. The summed E-state index contributed by atoms with van der Waals surface area (Å²) < 4.78 is 28.9. The van der Waals surface area contributed by atoms with Gasteiger partial charge in [-0.05, 0) is 43.7 Å². The van der Waals surface area contributed by atoms with E-state index in [1.807, 2.05) is 44.2 Å². The fraction of sp³-hybridized carbons (Fsp3) is 0.545. The Hall–Kier alpha value is -2.03. The SMILES string of the molecule is CCN(CC)S(=O)(=O)NCC1CCC(c2cc(C(=O)NC)c3ccccc3n2)CC1. The van der Waals surface area contributed by atoms with Crippen LogP contribution in [-0.2, 0) is 10.2 Å². The molecule has 0 radical (unpaired) electrons. The Morgan fingerprint density at radius 3 is 2.43 bits per heavy atom. The monoisotopic (exact) mass is 432 g/mol. The zero-order valence-electron chi connectivity index (χ0n) is 18.0. The van der Waals surface area contributed by atoms with Crippen molar-refractivity contribution in [2.45, 2.75) is 45.4 Å². The van der Waals surface area contributed by atoms with Crippen LogP contribution in [0.3, 0.4) is 0 Å². The van der Waals surface area contributed by atoms with Gasteiger partial charge < -0.3 is 5.32 Å². The first-order chi connectivity index (χ1) is 14.4.